The molecule has 1 saturated heterocycles. The molecule has 1 aliphatic rings. The fraction of sp³-hybridized carbons (Fsp3) is 0.273. The first-order valence-corrected chi connectivity index (χ1v) is 9.43. The van der Waals surface area contributed by atoms with E-state index < -0.39 is 6.04 Å². The summed E-state index contributed by atoms with van der Waals surface area (Å²) in [5.41, 5.74) is 3.77. The molecule has 2 N–H and O–H groups in total. The Morgan fingerprint density at radius 2 is 1.96 bits per heavy atom. The second kappa shape index (κ2) is 7.46. The second-order valence-electron chi connectivity index (χ2n) is 7.20. The standard InChI is InChI=1S/C22H22FN3O2/c1-26-13-12-19(22(26)28)24-20(27)11-10-17-16-4-2-3-5-18(16)25-21(17)14-6-8-15(23)9-7-14/h2-9,19,25H,10-13H2,1H3,(H,24,27). The molecule has 1 aromatic heterocycles. The lowest BCUT2D eigenvalue weighted by Crippen LogP contribution is -2.40. The van der Waals surface area contributed by atoms with Crippen LogP contribution in [-0.4, -0.2) is 41.3 Å². The number of aromatic nitrogens is 1. The molecule has 3 aromatic rings. The van der Waals surface area contributed by atoms with Gasteiger partial charge in [0.15, 0.2) is 0 Å². The van der Waals surface area contributed by atoms with Gasteiger partial charge in [-0.2, -0.15) is 0 Å². The van der Waals surface area contributed by atoms with E-state index in [0.29, 0.717) is 19.4 Å². The number of hydrogen-bond donors (Lipinski definition) is 2. The summed E-state index contributed by atoms with van der Waals surface area (Å²) >= 11 is 0. The number of rotatable bonds is 5. The Balaban J connectivity index is 1.56. The molecule has 2 heterocycles. The first-order chi connectivity index (χ1) is 13.5. The van der Waals surface area contributed by atoms with E-state index in [1.54, 1.807) is 24.1 Å². The number of halogens is 1. The third-order valence-electron chi connectivity index (χ3n) is 5.31. The summed E-state index contributed by atoms with van der Waals surface area (Å²) in [5, 5.41) is 3.89. The van der Waals surface area contributed by atoms with Gasteiger partial charge in [-0.1, -0.05) is 18.2 Å². The first kappa shape index (κ1) is 18.2. The van der Waals surface area contributed by atoms with Crippen LogP contribution in [0.3, 0.4) is 0 Å². The van der Waals surface area contributed by atoms with Crippen molar-refractivity contribution in [2.75, 3.05) is 13.6 Å². The zero-order valence-corrected chi connectivity index (χ0v) is 15.7. The number of carbonyl (C=O) groups is 2. The number of H-pyrrole nitrogens is 1. The van der Waals surface area contributed by atoms with Crippen molar-refractivity contribution in [2.24, 2.45) is 0 Å². The number of nitrogens with one attached hydrogen (secondary N) is 2. The molecule has 1 aliphatic heterocycles. The van der Waals surface area contributed by atoms with Gasteiger partial charge in [-0.25, -0.2) is 4.39 Å². The summed E-state index contributed by atoms with van der Waals surface area (Å²) in [6, 6.07) is 13.8. The Hall–Kier alpha value is -3.15. The van der Waals surface area contributed by atoms with Gasteiger partial charge in [0.25, 0.3) is 0 Å². The highest BCUT2D eigenvalue weighted by Crippen LogP contribution is 2.31. The highest BCUT2D eigenvalue weighted by molar-refractivity contribution is 5.92. The maximum absolute atomic E-state index is 13.3. The molecule has 0 bridgehead atoms. The van der Waals surface area contributed by atoms with Crippen LogP contribution in [0.25, 0.3) is 22.2 Å². The number of para-hydroxylation sites is 1. The summed E-state index contributed by atoms with van der Waals surface area (Å²) < 4.78 is 13.3. The van der Waals surface area contributed by atoms with Crippen molar-refractivity contribution < 1.29 is 14.0 Å². The van der Waals surface area contributed by atoms with Crippen molar-refractivity contribution in [1.82, 2.24) is 15.2 Å². The quantitative estimate of drug-likeness (QED) is 0.715. The van der Waals surface area contributed by atoms with Crippen molar-refractivity contribution in [2.45, 2.75) is 25.3 Å². The van der Waals surface area contributed by atoms with E-state index in [2.05, 4.69) is 10.3 Å². The van der Waals surface area contributed by atoms with E-state index in [1.165, 1.54) is 12.1 Å². The van der Waals surface area contributed by atoms with Crippen molar-refractivity contribution in [1.29, 1.82) is 0 Å². The number of fused-ring (bicyclic) bond motifs is 1. The summed E-state index contributed by atoms with van der Waals surface area (Å²) in [6.45, 7) is 0.668. The number of likely N-dealkylation sites (N-methyl/N-ethyl adjacent to an activating group) is 1. The molecule has 0 radical (unpaired) electrons. The lowest BCUT2D eigenvalue weighted by Gasteiger charge is -2.12. The van der Waals surface area contributed by atoms with Crippen LogP contribution in [0.5, 0.6) is 0 Å². The smallest absolute Gasteiger partial charge is 0.244 e. The van der Waals surface area contributed by atoms with Gasteiger partial charge >= 0.3 is 0 Å². The number of likely N-dealkylation sites (tertiary alicyclic amines) is 1. The predicted molar refractivity (Wildman–Crippen MR) is 106 cm³/mol. The zero-order valence-electron chi connectivity index (χ0n) is 15.7. The van der Waals surface area contributed by atoms with Gasteiger partial charge in [-0.05, 0) is 54.3 Å². The van der Waals surface area contributed by atoms with Gasteiger partial charge in [0.05, 0.1) is 0 Å². The van der Waals surface area contributed by atoms with E-state index in [1.807, 2.05) is 24.3 Å². The summed E-state index contributed by atoms with van der Waals surface area (Å²) in [7, 11) is 1.75. The summed E-state index contributed by atoms with van der Waals surface area (Å²) in [5.74, 6) is -0.455. The van der Waals surface area contributed by atoms with Crippen molar-refractivity contribution in [3.63, 3.8) is 0 Å². The van der Waals surface area contributed by atoms with E-state index >= 15 is 0 Å². The van der Waals surface area contributed by atoms with Crippen molar-refractivity contribution >= 4 is 22.7 Å². The third-order valence-corrected chi connectivity index (χ3v) is 5.31. The minimum atomic E-state index is -0.419. The minimum absolute atomic E-state index is 0.0348. The maximum atomic E-state index is 13.3. The number of aryl methyl sites for hydroxylation is 1. The summed E-state index contributed by atoms with van der Waals surface area (Å²) in [4.78, 5) is 29.5. The highest BCUT2D eigenvalue weighted by Gasteiger charge is 2.30. The Labute approximate surface area is 162 Å². The van der Waals surface area contributed by atoms with Crippen molar-refractivity contribution in [3.05, 3.63) is 59.9 Å². The summed E-state index contributed by atoms with van der Waals surface area (Å²) in [6.07, 6.45) is 1.46. The molecule has 2 amide bonds. The van der Waals surface area contributed by atoms with Crippen LogP contribution in [0.4, 0.5) is 4.39 Å². The van der Waals surface area contributed by atoms with Crippen LogP contribution in [0.1, 0.15) is 18.4 Å². The molecule has 144 valence electrons. The molecule has 0 saturated carbocycles. The lowest BCUT2D eigenvalue weighted by molar-refractivity contribution is -0.131. The first-order valence-electron chi connectivity index (χ1n) is 9.43. The SMILES string of the molecule is CN1CCC(NC(=O)CCc2c(-c3ccc(F)cc3)[nH]c3ccccc23)C1=O. The van der Waals surface area contributed by atoms with Gasteiger partial charge in [-0.3, -0.25) is 9.59 Å². The van der Waals surface area contributed by atoms with Gasteiger partial charge in [0.1, 0.15) is 11.9 Å². The molecule has 0 spiro atoms. The Morgan fingerprint density at radius 3 is 2.68 bits per heavy atom. The number of nitrogens with zero attached hydrogens (tertiary/aromatic N) is 1. The molecule has 2 aromatic carbocycles. The van der Waals surface area contributed by atoms with Gasteiger partial charge < -0.3 is 15.2 Å². The fourth-order valence-electron chi connectivity index (χ4n) is 3.78. The predicted octanol–water partition coefficient (Wildman–Crippen LogP) is 3.25. The molecule has 4 rings (SSSR count). The lowest BCUT2D eigenvalue weighted by atomic mass is 10.0. The number of benzene rings is 2. The van der Waals surface area contributed by atoms with Gasteiger partial charge in [-0.15, -0.1) is 0 Å². The van der Waals surface area contributed by atoms with Crippen LogP contribution in [-0.2, 0) is 16.0 Å². The Bertz CT molecular complexity index is 1030. The fourth-order valence-corrected chi connectivity index (χ4v) is 3.78. The van der Waals surface area contributed by atoms with Gasteiger partial charge in [0, 0.05) is 36.6 Å². The molecular formula is C22H22FN3O2. The van der Waals surface area contributed by atoms with E-state index in [-0.39, 0.29) is 24.1 Å². The Morgan fingerprint density at radius 1 is 1.21 bits per heavy atom. The van der Waals surface area contributed by atoms with Crippen LogP contribution in [0.2, 0.25) is 0 Å². The number of carbonyl (C=O) groups excluding carboxylic acids is 2. The monoisotopic (exact) mass is 379 g/mol. The molecule has 5 nitrogen and oxygen atoms in total. The molecule has 1 unspecified atom stereocenters. The number of amides is 2. The molecule has 1 fully saturated rings. The number of hydrogen-bond acceptors (Lipinski definition) is 2. The highest BCUT2D eigenvalue weighted by atomic mass is 19.1. The van der Waals surface area contributed by atoms with Crippen LogP contribution in [0, 0.1) is 5.82 Å². The topological polar surface area (TPSA) is 65.2 Å². The molecule has 28 heavy (non-hydrogen) atoms. The average Bonchev–Trinajstić information content (AvgIpc) is 3.22. The minimum Gasteiger partial charge on any atom is -0.354 e. The van der Waals surface area contributed by atoms with Crippen molar-refractivity contribution in [3.8, 4) is 11.3 Å². The third kappa shape index (κ3) is 3.50. The largest absolute Gasteiger partial charge is 0.354 e. The van der Waals surface area contributed by atoms with E-state index in [0.717, 1.165) is 27.7 Å². The normalized spacial score (nSPS) is 16.7. The second-order valence-corrected chi connectivity index (χ2v) is 7.20. The van der Waals surface area contributed by atoms with E-state index in [4.69, 9.17) is 0 Å². The van der Waals surface area contributed by atoms with E-state index in [9.17, 15) is 14.0 Å². The van der Waals surface area contributed by atoms with Crippen LogP contribution < -0.4 is 5.32 Å². The molecule has 0 aliphatic carbocycles. The van der Waals surface area contributed by atoms with Gasteiger partial charge in [0.2, 0.25) is 11.8 Å². The Kier molecular flexibility index (Phi) is 4.86. The average molecular weight is 379 g/mol. The zero-order chi connectivity index (χ0) is 19.7. The number of aromatic amines is 1. The molecular weight excluding hydrogens is 357 g/mol. The molecule has 6 heteroatoms. The maximum Gasteiger partial charge on any atom is 0.244 e. The van der Waals surface area contributed by atoms with Crippen LogP contribution >= 0.6 is 0 Å². The van der Waals surface area contributed by atoms with Crippen LogP contribution in [0.15, 0.2) is 48.5 Å². The molecule has 1 atom stereocenters.